The van der Waals surface area contributed by atoms with Crippen LogP contribution in [0.5, 0.6) is 0 Å². The Kier molecular flexibility index (Phi) is 7.16. The van der Waals surface area contributed by atoms with E-state index in [4.69, 9.17) is 10.7 Å². The van der Waals surface area contributed by atoms with Gasteiger partial charge in [0.1, 0.15) is 6.17 Å². The fourth-order valence-electron chi connectivity index (χ4n) is 9.53. The smallest absolute Gasteiger partial charge is 0.126 e. The second-order valence-corrected chi connectivity index (χ2v) is 17.2. The molecule has 12 aromatic rings. The molecule has 0 aliphatic carbocycles. The molecule has 1 unspecified atom stereocenters. The molecule has 9 aromatic carbocycles. The van der Waals surface area contributed by atoms with Crippen molar-refractivity contribution in [2.24, 2.45) is 4.99 Å². The first-order valence-corrected chi connectivity index (χ1v) is 21.2. The van der Waals surface area contributed by atoms with Gasteiger partial charge in [-0.15, -0.1) is 22.7 Å². The van der Waals surface area contributed by atoms with Crippen molar-refractivity contribution in [1.82, 2.24) is 4.57 Å². The molecule has 1 atom stereocenters. The van der Waals surface area contributed by atoms with Gasteiger partial charge in [0.15, 0.2) is 0 Å². The number of nitrogens with zero attached hydrogens (tertiary/aromatic N) is 2. The molecule has 3 nitrogen and oxygen atoms in total. The van der Waals surface area contributed by atoms with Gasteiger partial charge in [-0.2, -0.15) is 0 Å². The molecule has 12 rings (SSSR count). The van der Waals surface area contributed by atoms with Crippen LogP contribution in [0.15, 0.2) is 169 Å². The van der Waals surface area contributed by atoms with Crippen LogP contribution in [0.4, 0.5) is 5.69 Å². The van der Waals surface area contributed by atoms with Crippen LogP contribution in [0.3, 0.4) is 0 Å². The fraction of sp³-hybridized carbons (Fsp3) is 0.0577. The highest BCUT2D eigenvalue weighted by atomic mass is 32.1. The van der Waals surface area contributed by atoms with E-state index in [9.17, 15) is 0 Å². The molecule has 0 radical (unpaired) electrons. The maximum Gasteiger partial charge on any atom is 0.126 e. The highest BCUT2D eigenvalue weighted by Crippen LogP contribution is 2.48. The molecule has 0 saturated heterocycles. The molecule has 0 aliphatic rings. The molecule has 0 spiro atoms. The summed E-state index contributed by atoms with van der Waals surface area (Å²) in [6.07, 6.45) is 0.548. The Morgan fingerprint density at radius 2 is 1.07 bits per heavy atom. The lowest BCUT2D eigenvalue weighted by Crippen LogP contribution is -2.14. The Bertz CT molecular complexity index is 3660. The Morgan fingerprint density at radius 3 is 1.81 bits per heavy atom. The zero-order chi connectivity index (χ0) is 37.8. The molecule has 2 N–H and O–H groups in total. The fourth-order valence-corrected chi connectivity index (χ4v) is 11.9. The summed E-state index contributed by atoms with van der Waals surface area (Å²) in [4.78, 5) is 6.01. The van der Waals surface area contributed by atoms with Gasteiger partial charge in [0.25, 0.3) is 0 Å². The Labute approximate surface area is 336 Å². The molecule has 3 aromatic heterocycles. The van der Waals surface area contributed by atoms with Crippen LogP contribution in [0.2, 0.25) is 0 Å². The quantitative estimate of drug-likeness (QED) is 0.106. The largest absolute Gasteiger partial charge is 0.398 e. The number of fused-ring (bicyclic) bond motifs is 16. The van der Waals surface area contributed by atoms with Crippen molar-refractivity contribution in [3.8, 4) is 0 Å². The molecule has 0 bridgehead atoms. The van der Waals surface area contributed by atoms with Crippen LogP contribution in [-0.4, -0.2) is 10.3 Å². The topological polar surface area (TPSA) is 43.3 Å². The minimum absolute atomic E-state index is 0.236. The second kappa shape index (κ2) is 12.5. The number of para-hydroxylation sites is 1. The number of hydrogen-bond donors (Lipinski definition) is 1. The van der Waals surface area contributed by atoms with Gasteiger partial charge < -0.3 is 10.3 Å². The standard InChI is InChI=1S/C52H35N3S2/c1-2-45(55-41-24-12-9-22-39(41)46-36-19-6-7-20-37(36)47-40-23-11-14-26-43(40)57-52(47)51(46)55)54-50(30-27-28-34-33-17-10-13-25-42(33)56-44(34)29-30)48-35-18-5-3-15-31(35)32-16-4-8-21-38(32)49(48)53/h3-29,45H,2,53H2,1H3. The molecule has 270 valence electrons. The molecule has 3 heterocycles. The summed E-state index contributed by atoms with van der Waals surface area (Å²) in [5.74, 6) is 0. The Balaban J connectivity index is 1.23. The molecule has 57 heavy (non-hydrogen) atoms. The van der Waals surface area contributed by atoms with E-state index >= 15 is 0 Å². The van der Waals surface area contributed by atoms with Crippen molar-refractivity contribution in [2.45, 2.75) is 19.5 Å². The summed E-state index contributed by atoms with van der Waals surface area (Å²) in [5, 5.41) is 14.8. The summed E-state index contributed by atoms with van der Waals surface area (Å²) < 4.78 is 7.68. The van der Waals surface area contributed by atoms with Crippen molar-refractivity contribution in [1.29, 1.82) is 0 Å². The summed E-state index contributed by atoms with van der Waals surface area (Å²) >= 11 is 3.74. The molecule has 5 heteroatoms. The summed E-state index contributed by atoms with van der Waals surface area (Å²) in [6.45, 7) is 2.27. The van der Waals surface area contributed by atoms with E-state index < -0.39 is 0 Å². The van der Waals surface area contributed by atoms with Gasteiger partial charge in [-0.25, -0.2) is 0 Å². The number of aliphatic imine (C=N–C) groups is 1. The van der Waals surface area contributed by atoms with E-state index in [2.05, 4.69) is 175 Å². The van der Waals surface area contributed by atoms with Crippen LogP contribution >= 0.6 is 22.7 Å². The van der Waals surface area contributed by atoms with Gasteiger partial charge in [-0.05, 0) is 57.6 Å². The van der Waals surface area contributed by atoms with Crippen LogP contribution < -0.4 is 5.73 Å². The third kappa shape index (κ3) is 4.67. The van der Waals surface area contributed by atoms with Crippen molar-refractivity contribution in [2.75, 3.05) is 5.73 Å². The van der Waals surface area contributed by atoms with E-state index in [1.54, 1.807) is 0 Å². The van der Waals surface area contributed by atoms with Gasteiger partial charge in [0.05, 0.1) is 21.4 Å². The number of hydrogen-bond acceptors (Lipinski definition) is 4. The highest BCUT2D eigenvalue weighted by Gasteiger charge is 2.26. The molecular weight excluding hydrogens is 731 g/mol. The van der Waals surface area contributed by atoms with E-state index in [1.165, 1.54) is 78.3 Å². The first kappa shape index (κ1) is 32.7. The third-order valence-electron chi connectivity index (χ3n) is 12.0. The van der Waals surface area contributed by atoms with E-state index in [1.807, 2.05) is 22.7 Å². The zero-order valence-electron chi connectivity index (χ0n) is 31.2. The summed E-state index contributed by atoms with van der Waals surface area (Å²) in [7, 11) is 0. The number of aromatic nitrogens is 1. The molecule has 0 saturated carbocycles. The van der Waals surface area contributed by atoms with E-state index in [0.29, 0.717) is 0 Å². The third-order valence-corrected chi connectivity index (χ3v) is 14.3. The maximum atomic E-state index is 7.41. The van der Waals surface area contributed by atoms with Gasteiger partial charge >= 0.3 is 0 Å². The predicted octanol–water partition coefficient (Wildman–Crippen LogP) is 15.0. The number of nitrogen functional groups attached to an aromatic ring is 1. The molecule has 0 aliphatic heterocycles. The van der Waals surface area contributed by atoms with Crippen LogP contribution in [-0.2, 0) is 0 Å². The number of thiophene rings is 2. The van der Waals surface area contributed by atoms with Crippen molar-refractivity contribution < 1.29 is 0 Å². The molecule has 0 amide bonds. The zero-order valence-corrected chi connectivity index (χ0v) is 32.8. The van der Waals surface area contributed by atoms with Crippen LogP contribution in [0, 0.1) is 0 Å². The number of nitrogens with two attached hydrogens (primary N) is 1. The van der Waals surface area contributed by atoms with Crippen molar-refractivity contribution in [3.63, 3.8) is 0 Å². The molecular formula is C52H35N3S2. The monoisotopic (exact) mass is 765 g/mol. The Hall–Kier alpha value is -6.53. The first-order valence-electron chi connectivity index (χ1n) is 19.6. The van der Waals surface area contributed by atoms with Crippen LogP contribution in [0.25, 0.3) is 94.5 Å². The second-order valence-electron chi connectivity index (χ2n) is 15.0. The minimum Gasteiger partial charge on any atom is -0.398 e. The van der Waals surface area contributed by atoms with E-state index in [-0.39, 0.29) is 6.17 Å². The average Bonchev–Trinajstić information content (AvgIpc) is 3.95. The van der Waals surface area contributed by atoms with Gasteiger partial charge in [0.2, 0.25) is 0 Å². The Morgan fingerprint density at radius 1 is 0.526 bits per heavy atom. The normalized spacial score (nSPS) is 13.2. The average molecular weight is 766 g/mol. The number of benzene rings is 9. The maximum absolute atomic E-state index is 7.41. The molecule has 0 fully saturated rings. The lowest BCUT2D eigenvalue weighted by atomic mass is 9.90. The van der Waals surface area contributed by atoms with Crippen molar-refractivity contribution in [3.05, 3.63) is 175 Å². The lowest BCUT2D eigenvalue weighted by molar-refractivity contribution is 0.540. The minimum atomic E-state index is -0.236. The SMILES string of the molecule is CCC(N=C(c1ccc2c(c1)sc1ccccc12)c1c(N)c2ccccc2c2ccccc12)n1c2ccccc2c2c3ccccc3c3c4ccccc4sc3c21. The number of anilines is 1. The highest BCUT2D eigenvalue weighted by molar-refractivity contribution is 7.27. The van der Waals surface area contributed by atoms with Crippen molar-refractivity contribution >= 4 is 129 Å². The van der Waals surface area contributed by atoms with Crippen LogP contribution in [0.1, 0.15) is 30.6 Å². The van der Waals surface area contributed by atoms with E-state index in [0.717, 1.165) is 45.1 Å². The summed E-state index contributed by atoms with van der Waals surface area (Å²) in [5.41, 5.74) is 13.6. The number of rotatable bonds is 5. The first-order chi connectivity index (χ1) is 28.2. The predicted molar refractivity (Wildman–Crippen MR) is 250 cm³/mol. The van der Waals surface area contributed by atoms with Gasteiger partial charge in [-0.3, -0.25) is 4.99 Å². The summed E-state index contributed by atoms with van der Waals surface area (Å²) in [6, 6.07) is 59.6. The van der Waals surface area contributed by atoms with Gasteiger partial charge in [0, 0.05) is 68.6 Å². The van der Waals surface area contributed by atoms with Gasteiger partial charge in [-0.1, -0.05) is 146 Å². The lowest BCUT2D eigenvalue weighted by Gasteiger charge is -2.22.